The third kappa shape index (κ3) is 6.11. The molecule has 1 amide bonds. The van der Waals surface area contributed by atoms with Gasteiger partial charge in [-0.1, -0.05) is 6.07 Å². The van der Waals surface area contributed by atoms with Crippen LogP contribution in [0.25, 0.3) is 0 Å². The molecule has 2 rings (SSSR count). The van der Waals surface area contributed by atoms with Crippen LogP contribution >= 0.6 is 0 Å². The maximum absolute atomic E-state index is 12.0. The van der Waals surface area contributed by atoms with E-state index < -0.39 is 0 Å². The summed E-state index contributed by atoms with van der Waals surface area (Å²) in [6.45, 7) is 3.98. The zero-order chi connectivity index (χ0) is 18.2. The van der Waals surface area contributed by atoms with Gasteiger partial charge < -0.3 is 19.7 Å². The number of carbonyl (C=O) groups excluding carboxylic acids is 1. The van der Waals surface area contributed by atoms with Crippen molar-refractivity contribution in [3.05, 3.63) is 41.7 Å². The van der Waals surface area contributed by atoms with Crippen LogP contribution in [0.5, 0.6) is 11.5 Å². The van der Waals surface area contributed by atoms with E-state index in [1.54, 1.807) is 18.0 Å². The summed E-state index contributed by atoms with van der Waals surface area (Å²) in [7, 11) is 5.60. The minimum Gasteiger partial charge on any atom is -0.493 e. The number of carbonyl (C=O) groups is 1. The van der Waals surface area contributed by atoms with Gasteiger partial charge in [-0.15, -0.1) is 0 Å². The second-order valence-corrected chi connectivity index (χ2v) is 6.13. The normalized spacial score (nSPS) is 10.8. The number of aryl methyl sites for hydroxylation is 1. The number of amides is 1. The van der Waals surface area contributed by atoms with Crippen LogP contribution in [0, 0.1) is 6.92 Å². The molecular formula is C18H26N4O3. The van der Waals surface area contributed by atoms with Gasteiger partial charge in [-0.2, -0.15) is 5.10 Å². The monoisotopic (exact) mass is 346 g/mol. The van der Waals surface area contributed by atoms with Crippen LogP contribution in [0.15, 0.2) is 30.6 Å². The number of rotatable bonds is 9. The number of likely N-dealkylation sites (N-methyl/N-ethyl adjacent to an activating group) is 1. The van der Waals surface area contributed by atoms with E-state index in [0.29, 0.717) is 24.7 Å². The molecule has 7 heteroatoms. The highest BCUT2D eigenvalue weighted by atomic mass is 16.5. The molecule has 1 aromatic carbocycles. The molecule has 0 radical (unpaired) electrons. The summed E-state index contributed by atoms with van der Waals surface area (Å²) in [6.07, 6.45) is 3.57. The molecule has 1 N–H and O–H groups in total. The van der Waals surface area contributed by atoms with Gasteiger partial charge in [-0.25, -0.2) is 0 Å². The number of nitrogens with zero attached hydrogens (tertiary/aromatic N) is 3. The summed E-state index contributed by atoms with van der Waals surface area (Å²) >= 11 is 0. The molecule has 136 valence electrons. The van der Waals surface area contributed by atoms with Crippen molar-refractivity contribution in [2.24, 2.45) is 0 Å². The predicted octanol–water partition coefficient (Wildman–Crippen LogP) is 1.46. The van der Waals surface area contributed by atoms with Gasteiger partial charge in [0.15, 0.2) is 11.5 Å². The Labute approximate surface area is 148 Å². The SMILES string of the molecule is COc1cc(CNC(=O)Cn2cc(C)cn2)ccc1OCCN(C)C. The topological polar surface area (TPSA) is 68.6 Å². The third-order valence-electron chi connectivity index (χ3n) is 3.58. The summed E-state index contributed by atoms with van der Waals surface area (Å²) in [5.41, 5.74) is 1.98. The average Bonchev–Trinajstić information content (AvgIpc) is 2.98. The van der Waals surface area contributed by atoms with Crippen LogP contribution in [0.4, 0.5) is 0 Å². The first kappa shape index (κ1) is 18.8. The van der Waals surface area contributed by atoms with Crippen molar-refractivity contribution in [2.75, 3.05) is 34.4 Å². The number of benzene rings is 1. The number of hydrogen-bond donors (Lipinski definition) is 1. The smallest absolute Gasteiger partial charge is 0.241 e. The van der Waals surface area contributed by atoms with E-state index in [9.17, 15) is 4.79 Å². The Morgan fingerprint density at radius 2 is 2.12 bits per heavy atom. The van der Waals surface area contributed by atoms with Crippen molar-refractivity contribution in [3.63, 3.8) is 0 Å². The minimum absolute atomic E-state index is 0.0895. The number of nitrogens with one attached hydrogen (secondary N) is 1. The molecule has 0 atom stereocenters. The summed E-state index contributed by atoms with van der Waals surface area (Å²) < 4.78 is 12.7. The first-order valence-electron chi connectivity index (χ1n) is 8.18. The van der Waals surface area contributed by atoms with Crippen molar-refractivity contribution in [2.45, 2.75) is 20.0 Å². The largest absolute Gasteiger partial charge is 0.493 e. The maximum Gasteiger partial charge on any atom is 0.241 e. The molecule has 0 saturated carbocycles. The van der Waals surface area contributed by atoms with Gasteiger partial charge in [0.25, 0.3) is 0 Å². The molecule has 0 bridgehead atoms. The fourth-order valence-corrected chi connectivity index (χ4v) is 2.24. The Morgan fingerprint density at radius 3 is 2.76 bits per heavy atom. The zero-order valence-electron chi connectivity index (χ0n) is 15.3. The highest BCUT2D eigenvalue weighted by Crippen LogP contribution is 2.28. The number of methoxy groups -OCH3 is 1. The van der Waals surface area contributed by atoms with Gasteiger partial charge in [0, 0.05) is 19.3 Å². The van der Waals surface area contributed by atoms with Crippen molar-refractivity contribution in [1.82, 2.24) is 20.0 Å². The number of aromatic nitrogens is 2. The Bertz CT molecular complexity index is 697. The van der Waals surface area contributed by atoms with Crippen molar-refractivity contribution >= 4 is 5.91 Å². The van der Waals surface area contributed by atoms with Crippen LogP contribution in [0.2, 0.25) is 0 Å². The Morgan fingerprint density at radius 1 is 1.32 bits per heavy atom. The van der Waals surface area contributed by atoms with E-state index >= 15 is 0 Å². The lowest BCUT2D eigenvalue weighted by atomic mass is 10.2. The highest BCUT2D eigenvalue weighted by Gasteiger charge is 2.08. The second-order valence-electron chi connectivity index (χ2n) is 6.13. The average molecular weight is 346 g/mol. The van der Waals surface area contributed by atoms with Crippen LogP contribution in [0.3, 0.4) is 0 Å². The molecule has 0 fully saturated rings. The molecule has 0 unspecified atom stereocenters. The molecule has 0 aliphatic carbocycles. The Hall–Kier alpha value is -2.54. The van der Waals surface area contributed by atoms with Crippen LogP contribution in [-0.2, 0) is 17.9 Å². The third-order valence-corrected chi connectivity index (χ3v) is 3.58. The van der Waals surface area contributed by atoms with E-state index in [1.165, 1.54) is 0 Å². The van der Waals surface area contributed by atoms with E-state index in [1.807, 2.05) is 45.4 Å². The highest BCUT2D eigenvalue weighted by molar-refractivity contribution is 5.75. The zero-order valence-corrected chi connectivity index (χ0v) is 15.3. The molecule has 0 aliphatic heterocycles. The lowest BCUT2D eigenvalue weighted by Crippen LogP contribution is -2.27. The first-order valence-corrected chi connectivity index (χ1v) is 8.18. The van der Waals surface area contributed by atoms with Gasteiger partial charge in [-0.05, 0) is 44.3 Å². The van der Waals surface area contributed by atoms with Gasteiger partial charge in [-0.3, -0.25) is 9.48 Å². The van der Waals surface area contributed by atoms with Gasteiger partial charge in [0.2, 0.25) is 5.91 Å². The standard InChI is InChI=1S/C18H26N4O3/c1-14-10-20-22(12-14)13-18(23)19-11-15-5-6-16(17(9-15)24-4)25-8-7-21(2)3/h5-6,9-10,12H,7-8,11,13H2,1-4H3,(H,19,23). The quantitative estimate of drug-likeness (QED) is 0.744. The van der Waals surface area contributed by atoms with Crippen molar-refractivity contribution < 1.29 is 14.3 Å². The van der Waals surface area contributed by atoms with Crippen LogP contribution in [0.1, 0.15) is 11.1 Å². The number of hydrogen-bond acceptors (Lipinski definition) is 5. The summed E-state index contributed by atoms with van der Waals surface area (Å²) in [6, 6.07) is 5.67. The first-order chi connectivity index (χ1) is 12.0. The second kappa shape index (κ2) is 9.08. The Balaban J connectivity index is 1.88. The van der Waals surface area contributed by atoms with Crippen LogP contribution in [-0.4, -0.2) is 54.9 Å². The van der Waals surface area contributed by atoms with Crippen molar-refractivity contribution in [3.8, 4) is 11.5 Å². The molecule has 1 aromatic heterocycles. The lowest BCUT2D eigenvalue weighted by Gasteiger charge is -2.14. The summed E-state index contributed by atoms with van der Waals surface area (Å²) in [5, 5.41) is 6.99. The minimum atomic E-state index is -0.0895. The van der Waals surface area contributed by atoms with E-state index in [4.69, 9.17) is 9.47 Å². The number of ether oxygens (including phenoxy) is 2. The summed E-state index contributed by atoms with van der Waals surface area (Å²) in [5.74, 6) is 1.27. The fourth-order valence-electron chi connectivity index (χ4n) is 2.24. The van der Waals surface area contributed by atoms with Gasteiger partial charge in [0.1, 0.15) is 13.2 Å². The lowest BCUT2D eigenvalue weighted by molar-refractivity contribution is -0.122. The molecular weight excluding hydrogens is 320 g/mol. The van der Waals surface area contributed by atoms with Gasteiger partial charge >= 0.3 is 0 Å². The van der Waals surface area contributed by atoms with Crippen LogP contribution < -0.4 is 14.8 Å². The molecule has 0 saturated heterocycles. The summed E-state index contributed by atoms with van der Waals surface area (Å²) in [4.78, 5) is 14.0. The fraction of sp³-hybridized carbons (Fsp3) is 0.444. The molecule has 0 aliphatic rings. The molecule has 1 heterocycles. The Kier molecular flexibility index (Phi) is 6.82. The van der Waals surface area contributed by atoms with E-state index in [2.05, 4.69) is 15.3 Å². The van der Waals surface area contributed by atoms with E-state index in [-0.39, 0.29) is 12.5 Å². The van der Waals surface area contributed by atoms with Gasteiger partial charge in [0.05, 0.1) is 13.3 Å². The molecule has 25 heavy (non-hydrogen) atoms. The molecule has 2 aromatic rings. The van der Waals surface area contributed by atoms with E-state index in [0.717, 1.165) is 17.7 Å². The molecule has 0 spiro atoms. The predicted molar refractivity (Wildman–Crippen MR) is 95.9 cm³/mol. The maximum atomic E-state index is 12.0. The van der Waals surface area contributed by atoms with Crippen molar-refractivity contribution in [1.29, 1.82) is 0 Å². The molecule has 7 nitrogen and oxygen atoms in total.